The van der Waals surface area contributed by atoms with Gasteiger partial charge in [0.05, 0.1) is 33.4 Å². The van der Waals surface area contributed by atoms with Crippen molar-refractivity contribution in [1.82, 2.24) is 4.98 Å². The highest BCUT2D eigenvalue weighted by Gasteiger charge is 2.66. The third kappa shape index (κ3) is 3.44. The van der Waals surface area contributed by atoms with E-state index in [0.29, 0.717) is 26.5 Å². The minimum Gasteiger partial charge on any atom is -0.450 e. The van der Waals surface area contributed by atoms with E-state index in [1.807, 2.05) is 0 Å². The Labute approximate surface area is 250 Å². The molecule has 0 saturated heterocycles. The highest BCUT2D eigenvalue weighted by atomic mass is 35.5. The van der Waals surface area contributed by atoms with Gasteiger partial charge < -0.3 is 9.32 Å². The molecule has 1 spiro atoms. The summed E-state index contributed by atoms with van der Waals surface area (Å²) in [4.78, 5) is 50.8. The number of para-hydroxylation sites is 1. The summed E-state index contributed by atoms with van der Waals surface area (Å²) in [5.74, 6) is -2.99. The number of nitrogens with zero attached hydrogens (tertiary/aromatic N) is 3. The van der Waals surface area contributed by atoms with Crippen molar-refractivity contribution in [2.24, 2.45) is 0 Å². The third-order valence-electron chi connectivity index (χ3n) is 7.90. The number of thiazole rings is 1. The molecule has 43 heavy (non-hydrogen) atoms. The van der Waals surface area contributed by atoms with Crippen LogP contribution in [-0.2, 0) is 16.9 Å². The average molecular weight is 612 g/mol. The minimum atomic E-state index is -2.06. The van der Waals surface area contributed by atoms with E-state index in [-0.39, 0.29) is 39.5 Å². The van der Waals surface area contributed by atoms with Crippen molar-refractivity contribution < 1.29 is 22.8 Å². The Hall–Kier alpha value is -4.93. The molecule has 2 aliphatic heterocycles. The summed E-state index contributed by atoms with van der Waals surface area (Å²) < 4.78 is 35.9. The molecule has 2 aliphatic rings. The number of benzene rings is 4. The number of anilines is 2. The number of halogens is 3. The Morgan fingerprint density at radius 2 is 1.72 bits per heavy atom. The monoisotopic (exact) mass is 611 g/mol. The fourth-order valence-electron chi connectivity index (χ4n) is 6.07. The van der Waals surface area contributed by atoms with Crippen LogP contribution in [-0.4, -0.2) is 16.8 Å². The summed E-state index contributed by atoms with van der Waals surface area (Å²) in [6, 6.07) is 21.2. The Balaban J connectivity index is 1.46. The number of carbonyl (C=O) groups is 2. The number of rotatable bonds is 3. The number of hydrogen-bond donors (Lipinski definition) is 0. The van der Waals surface area contributed by atoms with Crippen molar-refractivity contribution in [3.8, 4) is 0 Å². The molecule has 6 aromatic rings. The van der Waals surface area contributed by atoms with Crippen LogP contribution < -0.4 is 15.2 Å². The number of carbonyl (C=O) groups excluding carboxylic acids is 2. The molecule has 0 saturated carbocycles. The lowest BCUT2D eigenvalue weighted by Crippen LogP contribution is -2.53. The van der Waals surface area contributed by atoms with Crippen molar-refractivity contribution in [3.05, 3.63) is 134 Å². The van der Waals surface area contributed by atoms with Gasteiger partial charge in [-0.3, -0.25) is 19.3 Å². The van der Waals surface area contributed by atoms with Gasteiger partial charge in [0.15, 0.2) is 16.1 Å². The molecule has 4 aromatic carbocycles. The maximum atomic E-state index is 14.9. The summed E-state index contributed by atoms with van der Waals surface area (Å²) in [5.41, 5.74) is -1.60. The van der Waals surface area contributed by atoms with Crippen molar-refractivity contribution in [1.29, 1.82) is 0 Å². The van der Waals surface area contributed by atoms with Gasteiger partial charge in [-0.2, -0.15) is 0 Å². The van der Waals surface area contributed by atoms with Gasteiger partial charge in [-0.15, -0.1) is 0 Å². The molecule has 4 heterocycles. The Bertz CT molecular complexity index is 2270. The summed E-state index contributed by atoms with van der Waals surface area (Å²) in [5, 5.41) is 0.456. The number of fused-ring (bicyclic) bond motifs is 6. The predicted molar refractivity (Wildman–Crippen MR) is 159 cm³/mol. The molecule has 2 amide bonds. The number of amides is 2. The molecule has 11 heteroatoms. The minimum absolute atomic E-state index is 0.00599. The highest BCUT2D eigenvalue weighted by Crippen LogP contribution is 2.55. The van der Waals surface area contributed by atoms with Gasteiger partial charge >= 0.3 is 0 Å². The van der Waals surface area contributed by atoms with Crippen molar-refractivity contribution in [3.63, 3.8) is 0 Å². The lowest BCUT2D eigenvalue weighted by Gasteiger charge is -2.32. The first kappa shape index (κ1) is 25.8. The average Bonchev–Trinajstić information content (AvgIpc) is 3.60. The van der Waals surface area contributed by atoms with Gasteiger partial charge in [-0.1, -0.05) is 59.3 Å². The van der Waals surface area contributed by atoms with E-state index in [0.717, 1.165) is 23.5 Å². The van der Waals surface area contributed by atoms with Crippen molar-refractivity contribution >= 4 is 66.8 Å². The second kappa shape index (κ2) is 9.03. The lowest BCUT2D eigenvalue weighted by molar-refractivity contribution is -0.121. The second-order valence-corrected chi connectivity index (χ2v) is 11.7. The summed E-state index contributed by atoms with van der Waals surface area (Å²) >= 11 is 7.34. The summed E-state index contributed by atoms with van der Waals surface area (Å²) in [6.45, 7) is -0.176. The van der Waals surface area contributed by atoms with Gasteiger partial charge in [-0.25, -0.2) is 13.8 Å². The van der Waals surface area contributed by atoms with Crippen LogP contribution in [0.5, 0.6) is 0 Å². The zero-order chi connectivity index (χ0) is 29.6. The van der Waals surface area contributed by atoms with Crippen LogP contribution in [0.25, 0.3) is 21.2 Å². The smallest absolute Gasteiger partial charge is 0.297 e. The maximum absolute atomic E-state index is 14.9. The Morgan fingerprint density at radius 3 is 2.56 bits per heavy atom. The standard InChI is InChI=1S/C32H16ClF2N3O4S/c33-17-9-11-22-25(13-17)43-31(36-22)38-29(40)28-26(27(39)19-14-18(34)10-12-24(19)42-28)32(38)20-6-2-4-8-23(20)37(30(32)41)15-16-5-1-3-7-21(16)35/h1-14H,15H2. The van der Waals surface area contributed by atoms with Gasteiger partial charge in [0.1, 0.15) is 17.2 Å². The van der Waals surface area contributed by atoms with Crippen LogP contribution in [0.1, 0.15) is 27.2 Å². The van der Waals surface area contributed by atoms with E-state index in [1.165, 1.54) is 21.9 Å². The van der Waals surface area contributed by atoms with E-state index in [4.69, 9.17) is 16.0 Å². The Kier molecular flexibility index (Phi) is 5.41. The zero-order valence-corrected chi connectivity index (χ0v) is 23.4. The van der Waals surface area contributed by atoms with E-state index in [9.17, 15) is 23.2 Å². The van der Waals surface area contributed by atoms with Crippen LogP contribution >= 0.6 is 22.9 Å². The SMILES string of the molecule is O=C1c2oc3ccc(F)cc3c(=O)c2C2(C(=O)N(Cc3ccccc3F)c3ccccc32)N1c1nc2ccc(Cl)cc2s1. The van der Waals surface area contributed by atoms with Gasteiger partial charge in [0.25, 0.3) is 11.8 Å². The molecule has 0 aliphatic carbocycles. The maximum Gasteiger partial charge on any atom is 0.297 e. The molecule has 1 atom stereocenters. The van der Waals surface area contributed by atoms with E-state index >= 15 is 0 Å². The van der Waals surface area contributed by atoms with E-state index in [2.05, 4.69) is 4.98 Å². The molecule has 1 unspecified atom stereocenters. The quantitative estimate of drug-likeness (QED) is 0.220. The lowest BCUT2D eigenvalue weighted by atomic mass is 9.84. The van der Waals surface area contributed by atoms with Gasteiger partial charge in [-0.05, 0) is 48.5 Å². The van der Waals surface area contributed by atoms with E-state index in [1.54, 1.807) is 60.7 Å². The van der Waals surface area contributed by atoms with Crippen LogP contribution in [0.3, 0.4) is 0 Å². The molecule has 0 N–H and O–H groups in total. The fraction of sp³-hybridized carbons (Fsp3) is 0.0625. The van der Waals surface area contributed by atoms with Gasteiger partial charge in [0, 0.05) is 16.1 Å². The second-order valence-electron chi connectivity index (χ2n) is 10.2. The Morgan fingerprint density at radius 1 is 0.930 bits per heavy atom. The molecule has 0 fully saturated rings. The van der Waals surface area contributed by atoms with Gasteiger partial charge in [0.2, 0.25) is 5.76 Å². The number of hydrogen-bond acceptors (Lipinski definition) is 6. The fourth-order valence-corrected chi connectivity index (χ4v) is 7.36. The highest BCUT2D eigenvalue weighted by molar-refractivity contribution is 7.22. The zero-order valence-electron chi connectivity index (χ0n) is 21.8. The van der Waals surface area contributed by atoms with Crippen LogP contribution in [0, 0.1) is 11.6 Å². The number of aromatic nitrogens is 1. The summed E-state index contributed by atoms with van der Waals surface area (Å²) in [7, 11) is 0. The molecule has 8 rings (SSSR count). The molecular weight excluding hydrogens is 596 g/mol. The predicted octanol–water partition coefficient (Wildman–Crippen LogP) is 6.79. The first-order chi connectivity index (χ1) is 20.8. The molecule has 2 aromatic heterocycles. The van der Waals surface area contributed by atoms with Crippen molar-refractivity contribution in [2.45, 2.75) is 12.1 Å². The molecule has 0 radical (unpaired) electrons. The summed E-state index contributed by atoms with van der Waals surface area (Å²) in [6.07, 6.45) is 0. The first-order valence-electron chi connectivity index (χ1n) is 13.1. The molecule has 7 nitrogen and oxygen atoms in total. The molecule has 210 valence electrons. The van der Waals surface area contributed by atoms with E-state index < -0.39 is 34.4 Å². The first-order valence-corrected chi connectivity index (χ1v) is 14.3. The topological polar surface area (TPSA) is 83.7 Å². The van der Waals surface area contributed by atoms with Crippen molar-refractivity contribution in [2.75, 3.05) is 9.80 Å². The van der Waals surface area contributed by atoms with Crippen LogP contribution in [0.2, 0.25) is 5.02 Å². The molecular formula is C32H16ClF2N3O4S. The van der Waals surface area contributed by atoms with Crippen LogP contribution in [0.15, 0.2) is 94.1 Å². The normalized spacial score (nSPS) is 17.5. The largest absolute Gasteiger partial charge is 0.450 e. The van der Waals surface area contributed by atoms with Crippen LogP contribution in [0.4, 0.5) is 19.6 Å². The molecule has 0 bridgehead atoms. The third-order valence-corrected chi connectivity index (χ3v) is 9.14.